The van der Waals surface area contributed by atoms with Gasteiger partial charge in [-0.15, -0.1) is 0 Å². The number of halogens is 4. The first-order valence-electron chi connectivity index (χ1n) is 6.17. The Hall–Kier alpha value is -1.76. The number of H-pyrrole nitrogens is 1. The number of aromatic nitrogens is 3. The van der Waals surface area contributed by atoms with Crippen LogP contribution < -0.4 is 5.56 Å². The van der Waals surface area contributed by atoms with Gasteiger partial charge in [-0.3, -0.25) is 9.89 Å². The van der Waals surface area contributed by atoms with Crippen LogP contribution in [0.3, 0.4) is 0 Å². The quantitative estimate of drug-likeness (QED) is 0.918. The van der Waals surface area contributed by atoms with Gasteiger partial charge in [0, 0.05) is 17.5 Å². The van der Waals surface area contributed by atoms with Crippen LogP contribution in [0.4, 0.5) is 13.2 Å². The smallest absolute Gasteiger partial charge is 0.294 e. The molecular formula is C13H13ClF3N3O. The Labute approximate surface area is 123 Å². The standard InChI is InChI=1S/C13H13ClF3N3O/c1-6(2)10-7(3)19-20(12(10)21)11-9(14)4-8(5-18-11)13(15,16)17/h4-6,19H,1-3H3. The van der Waals surface area contributed by atoms with Crippen molar-refractivity contribution in [3.63, 3.8) is 0 Å². The maximum Gasteiger partial charge on any atom is 0.417 e. The van der Waals surface area contributed by atoms with Crippen LogP contribution >= 0.6 is 11.6 Å². The van der Waals surface area contributed by atoms with E-state index in [9.17, 15) is 18.0 Å². The van der Waals surface area contributed by atoms with Gasteiger partial charge in [0.1, 0.15) is 0 Å². The number of pyridine rings is 1. The minimum absolute atomic E-state index is 0.0248. The van der Waals surface area contributed by atoms with Crippen molar-refractivity contribution in [1.29, 1.82) is 0 Å². The summed E-state index contributed by atoms with van der Waals surface area (Å²) in [6.07, 6.45) is -3.88. The van der Waals surface area contributed by atoms with E-state index in [1.165, 1.54) is 0 Å². The zero-order valence-corrected chi connectivity index (χ0v) is 12.3. The van der Waals surface area contributed by atoms with Crippen LogP contribution in [-0.4, -0.2) is 14.8 Å². The van der Waals surface area contributed by atoms with Crippen molar-refractivity contribution in [2.24, 2.45) is 0 Å². The summed E-state index contributed by atoms with van der Waals surface area (Å²) in [6.45, 7) is 5.42. The molecule has 2 aromatic heterocycles. The van der Waals surface area contributed by atoms with E-state index in [4.69, 9.17) is 11.6 Å². The van der Waals surface area contributed by atoms with Crippen LogP contribution in [-0.2, 0) is 6.18 Å². The molecule has 2 heterocycles. The molecule has 1 N–H and O–H groups in total. The highest BCUT2D eigenvalue weighted by Gasteiger charge is 2.32. The predicted octanol–water partition coefficient (Wildman–Crippen LogP) is 3.66. The second-order valence-corrected chi connectivity index (χ2v) is 5.38. The Morgan fingerprint density at radius 2 is 2.00 bits per heavy atom. The molecule has 21 heavy (non-hydrogen) atoms. The van der Waals surface area contributed by atoms with E-state index in [1.54, 1.807) is 6.92 Å². The summed E-state index contributed by atoms with van der Waals surface area (Å²) >= 11 is 5.84. The number of nitrogens with zero attached hydrogens (tertiary/aromatic N) is 2. The van der Waals surface area contributed by atoms with Crippen molar-refractivity contribution in [3.8, 4) is 5.82 Å². The monoisotopic (exact) mass is 319 g/mol. The SMILES string of the molecule is Cc1[nH]n(-c2ncc(C(F)(F)F)cc2Cl)c(=O)c1C(C)C. The first-order chi connectivity index (χ1) is 9.62. The minimum Gasteiger partial charge on any atom is -0.294 e. The van der Waals surface area contributed by atoms with Gasteiger partial charge in [-0.05, 0) is 18.9 Å². The molecule has 0 aromatic carbocycles. The second kappa shape index (κ2) is 5.22. The molecule has 0 fully saturated rings. The number of nitrogens with one attached hydrogen (secondary N) is 1. The van der Waals surface area contributed by atoms with Gasteiger partial charge >= 0.3 is 6.18 Å². The van der Waals surface area contributed by atoms with Gasteiger partial charge in [0.15, 0.2) is 5.82 Å². The maximum absolute atomic E-state index is 12.6. The summed E-state index contributed by atoms with van der Waals surface area (Å²) in [5.74, 6) is -0.0760. The highest BCUT2D eigenvalue weighted by atomic mass is 35.5. The molecule has 0 amide bonds. The average molecular weight is 320 g/mol. The van der Waals surface area contributed by atoms with Crippen molar-refractivity contribution < 1.29 is 13.2 Å². The summed E-state index contributed by atoms with van der Waals surface area (Å²) in [7, 11) is 0. The molecule has 0 unspecified atom stereocenters. The fraction of sp³-hybridized carbons (Fsp3) is 0.385. The zero-order chi connectivity index (χ0) is 15.9. The lowest BCUT2D eigenvalue weighted by Gasteiger charge is -2.09. The van der Waals surface area contributed by atoms with E-state index in [-0.39, 0.29) is 22.3 Å². The molecule has 0 radical (unpaired) electrons. The van der Waals surface area contributed by atoms with E-state index in [1.807, 2.05) is 13.8 Å². The topological polar surface area (TPSA) is 50.7 Å². The summed E-state index contributed by atoms with van der Waals surface area (Å²) in [6, 6.07) is 0.752. The van der Waals surface area contributed by atoms with Gasteiger partial charge in [0.05, 0.1) is 10.6 Å². The molecule has 2 aromatic rings. The lowest BCUT2D eigenvalue weighted by molar-refractivity contribution is -0.137. The molecule has 2 rings (SSSR count). The van der Waals surface area contributed by atoms with E-state index in [0.717, 1.165) is 10.7 Å². The van der Waals surface area contributed by atoms with Gasteiger partial charge < -0.3 is 0 Å². The number of rotatable bonds is 2. The van der Waals surface area contributed by atoms with Gasteiger partial charge in [0.2, 0.25) is 0 Å². The zero-order valence-electron chi connectivity index (χ0n) is 11.5. The van der Waals surface area contributed by atoms with Crippen LogP contribution in [0.25, 0.3) is 5.82 Å². The summed E-state index contributed by atoms with van der Waals surface area (Å²) in [5.41, 5.74) is -0.145. The highest BCUT2D eigenvalue weighted by molar-refractivity contribution is 6.32. The number of aromatic amines is 1. The highest BCUT2D eigenvalue weighted by Crippen LogP contribution is 2.31. The minimum atomic E-state index is -4.53. The maximum atomic E-state index is 12.6. The largest absolute Gasteiger partial charge is 0.417 e. The molecule has 4 nitrogen and oxygen atoms in total. The molecule has 114 valence electrons. The molecular weight excluding hydrogens is 307 g/mol. The van der Waals surface area contributed by atoms with E-state index in [0.29, 0.717) is 17.5 Å². The summed E-state index contributed by atoms with van der Waals surface area (Å²) in [5, 5.41) is 2.54. The molecule has 0 aliphatic carbocycles. The third kappa shape index (κ3) is 2.83. The normalized spacial score (nSPS) is 12.2. The van der Waals surface area contributed by atoms with Crippen molar-refractivity contribution in [2.75, 3.05) is 0 Å². The predicted molar refractivity (Wildman–Crippen MR) is 73.0 cm³/mol. The van der Waals surface area contributed by atoms with Crippen LogP contribution in [0, 0.1) is 6.92 Å². The molecule has 0 bridgehead atoms. The summed E-state index contributed by atoms with van der Waals surface area (Å²) in [4.78, 5) is 15.9. The third-order valence-electron chi connectivity index (χ3n) is 3.06. The van der Waals surface area contributed by atoms with Gasteiger partial charge in [-0.1, -0.05) is 25.4 Å². The van der Waals surface area contributed by atoms with Crippen LogP contribution in [0.2, 0.25) is 5.02 Å². The molecule has 0 saturated carbocycles. The number of hydrogen-bond acceptors (Lipinski definition) is 2. The lowest BCUT2D eigenvalue weighted by atomic mass is 10.1. The number of alkyl halides is 3. The van der Waals surface area contributed by atoms with E-state index >= 15 is 0 Å². The van der Waals surface area contributed by atoms with Crippen molar-refractivity contribution in [2.45, 2.75) is 32.9 Å². The van der Waals surface area contributed by atoms with E-state index < -0.39 is 11.7 Å². The van der Waals surface area contributed by atoms with Crippen molar-refractivity contribution in [1.82, 2.24) is 14.8 Å². The molecule has 0 atom stereocenters. The number of hydrogen-bond donors (Lipinski definition) is 1. The van der Waals surface area contributed by atoms with Crippen molar-refractivity contribution >= 4 is 11.6 Å². The Balaban J connectivity index is 2.59. The van der Waals surface area contributed by atoms with Crippen LogP contribution in [0.1, 0.15) is 36.6 Å². The first kappa shape index (κ1) is 15.6. The van der Waals surface area contributed by atoms with Gasteiger partial charge in [0.25, 0.3) is 5.56 Å². The van der Waals surface area contributed by atoms with Crippen LogP contribution in [0.15, 0.2) is 17.1 Å². The fourth-order valence-corrected chi connectivity index (χ4v) is 2.39. The Morgan fingerprint density at radius 1 is 1.38 bits per heavy atom. The molecule has 8 heteroatoms. The number of aryl methyl sites for hydroxylation is 1. The first-order valence-corrected chi connectivity index (χ1v) is 6.55. The second-order valence-electron chi connectivity index (χ2n) is 4.97. The average Bonchev–Trinajstić information content (AvgIpc) is 2.63. The Kier molecular flexibility index (Phi) is 3.88. The van der Waals surface area contributed by atoms with Crippen LogP contribution in [0.5, 0.6) is 0 Å². The summed E-state index contributed by atoms with van der Waals surface area (Å²) < 4.78 is 38.8. The fourth-order valence-electron chi connectivity index (χ4n) is 2.14. The Bertz CT molecular complexity index is 731. The van der Waals surface area contributed by atoms with Gasteiger partial charge in [-0.25, -0.2) is 4.98 Å². The lowest BCUT2D eigenvalue weighted by Crippen LogP contribution is -2.20. The molecule has 0 saturated heterocycles. The molecule has 0 aliphatic rings. The molecule has 0 aliphatic heterocycles. The molecule has 0 spiro atoms. The van der Waals surface area contributed by atoms with Crippen molar-refractivity contribution in [3.05, 3.63) is 44.5 Å². The van der Waals surface area contributed by atoms with E-state index in [2.05, 4.69) is 10.1 Å². The third-order valence-corrected chi connectivity index (χ3v) is 3.33. The Morgan fingerprint density at radius 3 is 2.43 bits per heavy atom. The van der Waals surface area contributed by atoms with Gasteiger partial charge in [-0.2, -0.15) is 17.9 Å².